The van der Waals surface area contributed by atoms with Crippen LogP contribution in [-0.2, 0) is 0 Å². The lowest BCUT2D eigenvalue weighted by molar-refractivity contribution is 0.570. The smallest absolute Gasteiger partial charge is 0.203 e. The average Bonchev–Trinajstić information content (AvgIpc) is 2.85. The maximum atomic E-state index is 5.93. The minimum absolute atomic E-state index is 0.293. The number of imidazole rings is 1. The number of rotatable bonds is 1. The highest BCUT2D eigenvalue weighted by Gasteiger charge is 2.12. The van der Waals surface area contributed by atoms with Crippen molar-refractivity contribution >= 4 is 45.8 Å². The number of hydrogen-bond acceptors (Lipinski definition) is 2. The van der Waals surface area contributed by atoms with Crippen LogP contribution < -0.4 is 0 Å². The molecular formula is C11H5Cl3N2O. The molecule has 1 N–H and O–H groups in total. The predicted octanol–water partition coefficient (Wildman–Crippen LogP) is 4.78. The van der Waals surface area contributed by atoms with Gasteiger partial charge in [0.1, 0.15) is 5.82 Å². The van der Waals surface area contributed by atoms with Gasteiger partial charge in [-0.25, -0.2) is 4.98 Å². The third-order valence-corrected chi connectivity index (χ3v) is 3.41. The Bertz CT molecular complexity index is 663. The molecule has 1 aromatic carbocycles. The van der Waals surface area contributed by atoms with Crippen molar-refractivity contribution in [3.05, 3.63) is 39.7 Å². The van der Waals surface area contributed by atoms with Gasteiger partial charge in [0.25, 0.3) is 0 Å². The van der Waals surface area contributed by atoms with Gasteiger partial charge in [-0.2, -0.15) is 0 Å². The lowest BCUT2D eigenvalue weighted by Gasteiger charge is -1.93. The van der Waals surface area contributed by atoms with E-state index in [1.807, 2.05) is 0 Å². The van der Waals surface area contributed by atoms with Gasteiger partial charge in [0, 0.05) is 0 Å². The first-order chi connectivity index (χ1) is 8.15. The van der Waals surface area contributed by atoms with Crippen LogP contribution in [0.2, 0.25) is 15.3 Å². The Kier molecular flexibility index (Phi) is 2.54. The third-order valence-electron chi connectivity index (χ3n) is 2.40. The van der Waals surface area contributed by atoms with Crippen molar-refractivity contribution < 1.29 is 4.42 Å². The van der Waals surface area contributed by atoms with Gasteiger partial charge < -0.3 is 9.40 Å². The Balaban J connectivity index is 2.24. The van der Waals surface area contributed by atoms with Gasteiger partial charge >= 0.3 is 0 Å². The molecule has 86 valence electrons. The normalized spacial score (nSPS) is 11.2. The second-order valence-electron chi connectivity index (χ2n) is 3.48. The summed E-state index contributed by atoms with van der Waals surface area (Å²) in [6.07, 6.45) is 1.50. The molecular weight excluding hydrogens is 282 g/mol. The van der Waals surface area contributed by atoms with Crippen LogP contribution in [0.15, 0.2) is 28.9 Å². The quantitative estimate of drug-likeness (QED) is 0.699. The van der Waals surface area contributed by atoms with Gasteiger partial charge in [-0.3, -0.25) is 0 Å². The van der Waals surface area contributed by atoms with Gasteiger partial charge in [0.2, 0.25) is 5.22 Å². The van der Waals surface area contributed by atoms with Crippen molar-refractivity contribution in [3.63, 3.8) is 0 Å². The lowest BCUT2D eigenvalue weighted by Crippen LogP contribution is -1.76. The number of hydrogen-bond donors (Lipinski definition) is 1. The first-order valence-corrected chi connectivity index (χ1v) is 5.86. The summed E-state index contributed by atoms with van der Waals surface area (Å²) in [5.74, 6) is 0.622. The summed E-state index contributed by atoms with van der Waals surface area (Å²) < 4.78 is 5.02. The molecule has 0 bridgehead atoms. The van der Waals surface area contributed by atoms with E-state index < -0.39 is 0 Å². The minimum Gasteiger partial charge on any atom is -0.452 e. The number of halogens is 3. The molecule has 17 heavy (non-hydrogen) atoms. The maximum Gasteiger partial charge on any atom is 0.203 e. The number of benzene rings is 1. The molecule has 0 radical (unpaired) electrons. The maximum absolute atomic E-state index is 5.93. The molecule has 3 rings (SSSR count). The number of fused-ring (bicyclic) bond motifs is 1. The van der Waals surface area contributed by atoms with Crippen LogP contribution in [0.1, 0.15) is 0 Å². The summed E-state index contributed by atoms with van der Waals surface area (Å²) in [5, 5.41) is 1.24. The first-order valence-electron chi connectivity index (χ1n) is 4.73. The Morgan fingerprint density at radius 2 is 1.88 bits per heavy atom. The molecule has 0 aliphatic heterocycles. The van der Waals surface area contributed by atoms with Gasteiger partial charge in [-0.1, -0.05) is 23.2 Å². The zero-order chi connectivity index (χ0) is 12.0. The Morgan fingerprint density at radius 3 is 2.59 bits per heavy atom. The SMILES string of the molecule is Clc1cc2nc(-c3ccoc3Cl)[nH]c2cc1Cl. The van der Waals surface area contributed by atoms with Crippen molar-refractivity contribution in [3.8, 4) is 11.4 Å². The number of nitrogens with zero attached hydrogens (tertiary/aromatic N) is 1. The van der Waals surface area contributed by atoms with Crippen LogP contribution in [0.5, 0.6) is 0 Å². The Labute approximate surface area is 111 Å². The monoisotopic (exact) mass is 286 g/mol. The number of furan rings is 1. The molecule has 0 atom stereocenters. The highest BCUT2D eigenvalue weighted by Crippen LogP contribution is 2.31. The van der Waals surface area contributed by atoms with Crippen LogP contribution in [0.3, 0.4) is 0 Å². The highest BCUT2D eigenvalue weighted by atomic mass is 35.5. The van der Waals surface area contributed by atoms with E-state index in [9.17, 15) is 0 Å². The molecule has 0 saturated carbocycles. The van der Waals surface area contributed by atoms with E-state index in [0.717, 1.165) is 11.0 Å². The standard InChI is InChI=1S/C11H5Cl3N2O/c12-6-3-8-9(4-7(6)13)16-11(15-8)5-1-2-17-10(5)14/h1-4H,(H,15,16). The van der Waals surface area contributed by atoms with Crippen LogP contribution in [0.4, 0.5) is 0 Å². The minimum atomic E-state index is 0.293. The van der Waals surface area contributed by atoms with E-state index in [-0.39, 0.29) is 0 Å². The fraction of sp³-hybridized carbons (Fsp3) is 0. The van der Waals surface area contributed by atoms with E-state index in [1.165, 1.54) is 6.26 Å². The fourth-order valence-corrected chi connectivity index (χ4v) is 2.12. The number of aromatic nitrogens is 2. The molecule has 0 aliphatic carbocycles. The largest absolute Gasteiger partial charge is 0.452 e. The summed E-state index contributed by atoms with van der Waals surface area (Å²) in [7, 11) is 0. The molecule has 3 aromatic rings. The number of aromatic amines is 1. The molecule has 2 aromatic heterocycles. The van der Waals surface area contributed by atoms with Gasteiger partial charge in [-0.15, -0.1) is 0 Å². The van der Waals surface area contributed by atoms with Crippen LogP contribution in [0.25, 0.3) is 22.4 Å². The topological polar surface area (TPSA) is 41.8 Å². The molecule has 2 heterocycles. The second-order valence-corrected chi connectivity index (χ2v) is 4.63. The molecule has 6 heteroatoms. The molecule has 0 spiro atoms. The molecule has 0 aliphatic rings. The zero-order valence-electron chi connectivity index (χ0n) is 8.30. The van der Waals surface area contributed by atoms with Crippen molar-refractivity contribution in [2.75, 3.05) is 0 Å². The van der Waals surface area contributed by atoms with E-state index in [2.05, 4.69) is 9.97 Å². The van der Waals surface area contributed by atoms with Crippen LogP contribution in [0, 0.1) is 0 Å². The van der Waals surface area contributed by atoms with Gasteiger partial charge in [0.05, 0.1) is 32.9 Å². The summed E-state index contributed by atoms with van der Waals surface area (Å²) in [6.45, 7) is 0. The van der Waals surface area contributed by atoms with Crippen molar-refractivity contribution in [2.24, 2.45) is 0 Å². The Morgan fingerprint density at radius 1 is 1.12 bits per heavy atom. The van der Waals surface area contributed by atoms with E-state index in [1.54, 1.807) is 18.2 Å². The zero-order valence-corrected chi connectivity index (χ0v) is 10.6. The average molecular weight is 288 g/mol. The van der Waals surface area contributed by atoms with Gasteiger partial charge in [-0.05, 0) is 29.8 Å². The summed E-state index contributed by atoms with van der Waals surface area (Å²) in [5.41, 5.74) is 2.23. The highest BCUT2D eigenvalue weighted by molar-refractivity contribution is 6.42. The second kappa shape index (κ2) is 3.95. The Hall–Kier alpha value is -1.16. The van der Waals surface area contributed by atoms with Crippen molar-refractivity contribution in [1.82, 2.24) is 9.97 Å². The van der Waals surface area contributed by atoms with E-state index in [4.69, 9.17) is 39.2 Å². The van der Waals surface area contributed by atoms with Crippen LogP contribution >= 0.6 is 34.8 Å². The summed E-state index contributed by atoms with van der Waals surface area (Å²) in [4.78, 5) is 7.48. The number of nitrogens with one attached hydrogen (secondary N) is 1. The van der Waals surface area contributed by atoms with E-state index in [0.29, 0.717) is 26.7 Å². The van der Waals surface area contributed by atoms with Crippen molar-refractivity contribution in [2.45, 2.75) is 0 Å². The van der Waals surface area contributed by atoms with Gasteiger partial charge in [0.15, 0.2) is 0 Å². The lowest BCUT2D eigenvalue weighted by atomic mass is 10.3. The number of H-pyrrole nitrogens is 1. The molecule has 0 amide bonds. The molecule has 0 unspecified atom stereocenters. The molecule has 0 fully saturated rings. The molecule has 0 saturated heterocycles. The predicted molar refractivity (Wildman–Crippen MR) is 68.8 cm³/mol. The van der Waals surface area contributed by atoms with E-state index >= 15 is 0 Å². The summed E-state index contributed by atoms with van der Waals surface area (Å²) in [6, 6.07) is 5.17. The fourth-order valence-electron chi connectivity index (χ4n) is 1.60. The van der Waals surface area contributed by atoms with Crippen molar-refractivity contribution in [1.29, 1.82) is 0 Å². The first kappa shape index (κ1) is 11.0. The molecule has 3 nitrogen and oxygen atoms in total. The third kappa shape index (κ3) is 1.80. The van der Waals surface area contributed by atoms with Crippen LogP contribution in [-0.4, -0.2) is 9.97 Å². The summed E-state index contributed by atoms with van der Waals surface area (Å²) >= 11 is 17.7.